The van der Waals surface area contributed by atoms with E-state index in [0.29, 0.717) is 12.3 Å². The average Bonchev–Trinajstić information content (AvgIpc) is 2.62. The minimum absolute atomic E-state index is 0.316. The monoisotopic (exact) mass is 329 g/mol. The Morgan fingerprint density at radius 1 is 0.960 bits per heavy atom. The molecule has 0 aliphatic carbocycles. The summed E-state index contributed by atoms with van der Waals surface area (Å²) < 4.78 is 0. The van der Waals surface area contributed by atoms with Crippen molar-refractivity contribution in [1.82, 2.24) is 4.90 Å². The summed E-state index contributed by atoms with van der Waals surface area (Å²) in [5, 5.41) is 12.1. The van der Waals surface area contributed by atoms with Crippen molar-refractivity contribution in [1.29, 1.82) is 0 Å². The standard InChI is InChI=1S/C23H23NO/c1-2-15-24(18-19-8-5-13-22(25)17-19)16-7-12-21-11-6-10-20-9-3-4-14-23(20)21/h3-6,8-11,13-14,17,25H,2,15-16,18H2,1H3. The third kappa shape index (κ3) is 4.62. The lowest BCUT2D eigenvalue weighted by Crippen LogP contribution is -2.24. The van der Waals surface area contributed by atoms with Gasteiger partial charge in [0, 0.05) is 12.1 Å². The molecule has 0 heterocycles. The van der Waals surface area contributed by atoms with Crippen molar-refractivity contribution in [3.63, 3.8) is 0 Å². The minimum atomic E-state index is 0.316. The molecule has 0 unspecified atom stereocenters. The zero-order valence-corrected chi connectivity index (χ0v) is 14.6. The number of phenolic OH excluding ortho intramolecular Hbond substituents is 1. The average molecular weight is 329 g/mol. The maximum absolute atomic E-state index is 9.63. The molecular weight excluding hydrogens is 306 g/mol. The first kappa shape index (κ1) is 17.1. The van der Waals surface area contributed by atoms with Gasteiger partial charge < -0.3 is 5.11 Å². The zero-order chi connectivity index (χ0) is 17.5. The predicted molar refractivity (Wildman–Crippen MR) is 105 cm³/mol. The lowest BCUT2D eigenvalue weighted by atomic mass is 10.1. The molecule has 0 fully saturated rings. The number of fused-ring (bicyclic) bond motifs is 1. The quantitative estimate of drug-likeness (QED) is 0.679. The molecule has 0 bridgehead atoms. The van der Waals surface area contributed by atoms with Gasteiger partial charge in [0.1, 0.15) is 5.75 Å². The smallest absolute Gasteiger partial charge is 0.115 e. The molecule has 0 saturated heterocycles. The van der Waals surface area contributed by atoms with E-state index in [1.165, 1.54) is 10.8 Å². The number of hydrogen-bond acceptors (Lipinski definition) is 2. The lowest BCUT2D eigenvalue weighted by molar-refractivity contribution is 0.299. The highest BCUT2D eigenvalue weighted by atomic mass is 16.3. The van der Waals surface area contributed by atoms with E-state index in [9.17, 15) is 5.11 Å². The van der Waals surface area contributed by atoms with Gasteiger partial charge in [0.2, 0.25) is 0 Å². The van der Waals surface area contributed by atoms with E-state index in [1.54, 1.807) is 6.07 Å². The molecule has 3 rings (SSSR count). The highest BCUT2D eigenvalue weighted by Gasteiger charge is 2.04. The molecule has 0 amide bonds. The molecule has 0 radical (unpaired) electrons. The summed E-state index contributed by atoms with van der Waals surface area (Å²) in [6.07, 6.45) is 1.08. The summed E-state index contributed by atoms with van der Waals surface area (Å²) in [6, 6.07) is 22.0. The van der Waals surface area contributed by atoms with Crippen LogP contribution < -0.4 is 0 Å². The highest BCUT2D eigenvalue weighted by Crippen LogP contribution is 2.17. The van der Waals surface area contributed by atoms with E-state index >= 15 is 0 Å². The van der Waals surface area contributed by atoms with Crippen LogP contribution in [0.2, 0.25) is 0 Å². The second-order valence-corrected chi connectivity index (χ2v) is 6.21. The first-order valence-electron chi connectivity index (χ1n) is 8.73. The van der Waals surface area contributed by atoms with Crippen molar-refractivity contribution in [3.05, 3.63) is 77.9 Å². The van der Waals surface area contributed by atoms with Gasteiger partial charge in [-0.3, -0.25) is 4.90 Å². The van der Waals surface area contributed by atoms with Gasteiger partial charge in [0.25, 0.3) is 0 Å². The van der Waals surface area contributed by atoms with Gasteiger partial charge in [0.05, 0.1) is 6.54 Å². The predicted octanol–water partition coefficient (Wildman–Crippen LogP) is 4.81. The SMILES string of the molecule is CCCN(CC#Cc1cccc2ccccc12)Cc1cccc(O)c1. The second kappa shape index (κ2) is 8.37. The molecule has 2 heteroatoms. The van der Waals surface area contributed by atoms with Crippen molar-refractivity contribution >= 4 is 10.8 Å². The Kier molecular flexibility index (Phi) is 5.72. The summed E-state index contributed by atoms with van der Waals surface area (Å²) in [5.74, 6) is 6.98. The molecule has 2 nitrogen and oxygen atoms in total. The van der Waals surface area contributed by atoms with Crippen LogP contribution in [0, 0.1) is 11.8 Å². The van der Waals surface area contributed by atoms with Gasteiger partial charge in [-0.05, 0) is 47.5 Å². The van der Waals surface area contributed by atoms with Crippen molar-refractivity contribution in [2.75, 3.05) is 13.1 Å². The number of aromatic hydroxyl groups is 1. The molecule has 0 aliphatic rings. The van der Waals surface area contributed by atoms with Gasteiger partial charge in [0.15, 0.2) is 0 Å². The Hall–Kier alpha value is -2.76. The summed E-state index contributed by atoms with van der Waals surface area (Å²) in [6.45, 7) is 4.67. The van der Waals surface area contributed by atoms with Crippen molar-refractivity contribution < 1.29 is 5.11 Å². The lowest BCUT2D eigenvalue weighted by Gasteiger charge is -2.19. The molecule has 0 aromatic heterocycles. The number of rotatable bonds is 5. The van der Waals surface area contributed by atoms with Crippen LogP contribution in [-0.4, -0.2) is 23.1 Å². The zero-order valence-electron chi connectivity index (χ0n) is 14.6. The van der Waals surface area contributed by atoms with E-state index in [0.717, 1.165) is 30.6 Å². The van der Waals surface area contributed by atoms with Gasteiger partial charge in [-0.15, -0.1) is 0 Å². The van der Waals surface area contributed by atoms with E-state index in [1.807, 2.05) is 18.2 Å². The van der Waals surface area contributed by atoms with Gasteiger partial charge in [-0.2, -0.15) is 0 Å². The topological polar surface area (TPSA) is 23.5 Å². The Labute approximate surface area is 149 Å². The molecule has 3 aromatic rings. The minimum Gasteiger partial charge on any atom is -0.508 e. The largest absolute Gasteiger partial charge is 0.508 e. The number of benzene rings is 3. The van der Waals surface area contributed by atoms with E-state index < -0.39 is 0 Å². The molecule has 0 saturated carbocycles. The van der Waals surface area contributed by atoms with Crippen molar-refractivity contribution in [3.8, 4) is 17.6 Å². The maximum atomic E-state index is 9.63. The fourth-order valence-corrected chi connectivity index (χ4v) is 3.02. The first-order valence-corrected chi connectivity index (χ1v) is 8.73. The number of nitrogens with zero attached hydrogens (tertiary/aromatic N) is 1. The number of phenols is 1. The summed E-state index contributed by atoms with van der Waals surface area (Å²) >= 11 is 0. The molecule has 0 atom stereocenters. The second-order valence-electron chi connectivity index (χ2n) is 6.21. The van der Waals surface area contributed by atoms with Crippen LogP contribution in [0.3, 0.4) is 0 Å². The maximum Gasteiger partial charge on any atom is 0.115 e. The molecule has 126 valence electrons. The normalized spacial score (nSPS) is 10.6. The van der Waals surface area contributed by atoms with Crippen LogP contribution in [0.5, 0.6) is 5.75 Å². The molecule has 25 heavy (non-hydrogen) atoms. The van der Waals surface area contributed by atoms with Crippen molar-refractivity contribution in [2.45, 2.75) is 19.9 Å². The van der Waals surface area contributed by atoms with Crippen molar-refractivity contribution in [2.24, 2.45) is 0 Å². The summed E-state index contributed by atoms with van der Waals surface area (Å²) in [7, 11) is 0. The highest BCUT2D eigenvalue weighted by molar-refractivity contribution is 5.88. The Bertz CT molecular complexity index is 899. The Morgan fingerprint density at radius 2 is 1.76 bits per heavy atom. The third-order valence-corrected chi connectivity index (χ3v) is 4.17. The number of hydrogen-bond donors (Lipinski definition) is 1. The first-order chi connectivity index (χ1) is 12.3. The van der Waals surface area contributed by atoms with Crippen LogP contribution in [-0.2, 0) is 6.54 Å². The Morgan fingerprint density at radius 3 is 2.60 bits per heavy atom. The van der Waals surface area contributed by atoms with Crippen LogP contribution in [0.4, 0.5) is 0 Å². The van der Waals surface area contributed by atoms with E-state index in [2.05, 4.69) is 66.1 Å². The van der Waals surface area contributed by atoms with E-state index in [4.69, 9.17) is 0 Å². The van der Waals surface area contributed by atoms with Gasteiger partial charge >= 0.3 is 0 Å². The summed E-state index contributed by atoms with van der Waals surface area (Å²) in [4.78, 5) is 2.31. The van der Waals surface area contributed by atoms with Gasteiger partial charge in [-0.1, -0.05) is 67.3 Å². The van der Waals surface area contributed by atoms with Crippen LogP contribution >= 0.6 is 0 Å². The van der Waals surface area contributed by atoms with Gasteiger partial charge in [-0.25, -0.2) is 0 Å². The molecular formula is C23H23NO. The van der Waals surface area contributed by atoms with Crippen LogP contribution in [0.15, 0.2) is 66.7 Å². The third-order valence-electron chi connectivity index (χ3n) is 4.17. The van der Waals surface area contributed by atoms with Crippen LogP contribution in [0.1, 0.15) is 24.5 Å². The Balaban J connectivity index is 1.74. The molecule has 0 aliphatic heterocycles. The molecule has 1 N–H and O–H groups in total. The van der Waals surface area contributed by atoms with Crippen LogP contribution in [0.25, 0.3) is 10.8 Å². The molecule has 0 spiro atoms. The fraction of sp³-hybridized carbons (Fsp3) is 0.217. The molecule has 3 aromatic carbocycles. The van der Waals surface area contributed by atoms with E-state index in [-0.39, 0.29) is 0 Å². The fourth-order valence-electron chi connectivity index (χ4n) is 3.02. The summed E-state index contributed by atoms with van der Waals surface area (Å²) in [5.41, 5.74) is 2.19.